The molecule has 10 heteroatoms. The molecule has 0 unspecified atom stereocenters. The SMILES string of the molecule is Cc1cccc(NS(=O)(=O)c2ccc(C)c(C(=O)N3CCC(N(C)S(C)(=O)=O)CC3)c2)c1. The summed E-state index contributed by atoms with van der Waals surface area (Å²) in [5.41, 5.74) is 2.39. The van der Waals surface area contributed by atoms with E-state index in [0.29, 0.717) is 42.7 Å². The lowest BCUT2D eigenvalue weighted by atomic mass is 10.0. The highest BCUT2D eigenvalue weighted by Crippen LogP contribution is 2.23. The molecule has 0 bridgehead atoms. The minimum Gasteiger partial charge on any atom is -0.339 e. The summed E-state index contributed by atoms with van der Waals surface area (Å²) in [6, 6.07) is 11.4. The smallest absolute Gasteiger partial charge is 0.261 e. The highest BCUT2D eigenvalue weighted by Gasteiger charge is 2.30. The number of aryl methyl sites for hydroxylation is 2. The zero-order chi connectivity index (χ0) is 23.7. The summed E-state index contributed by atoms with van der Waals surface area (Å²) < 4.78 is 53.2. The molecule has 1 saturated heterocycles. The van der Waals surface area contributed by atoms with E-state index in [9.17, 15) is 21.6 Å². The molecule has 174 valence electrons. The second-order valence-electron chi connectivity index (χ2n) is 8.25. The van der Waals surface area contributed by atoms with Gasteiger partial charge in [-0.1, -0.05) is 18.2 Å². The lowest BCUT2D eigenvalue weighted by molar-refractivity contribution is 0.0685. The lowest BCUT2D eigenvalue weighted by Gasteiger charge is -2.35. The van der Waals surface area contributed by atoms with Gasteiger partial charge in [0.15, 0.2) is 0 Å². The van der Waals surface area contributed by atoms with Gasteiger partial charge in [0.25, 0.3) is 15.9 Å². The summed E-state index contributed by atoms with van der Waals surface area (Å²) in [6.07, 6.45) is 2.23. The fraction of sp³-hybridized carbons (Fsp3) is 0.409. The van der Waals surface area contributed by atoms with E-state index in [1.165, 1.54) is 22.7 Å². The van der Waals surface area contributed by atoms with E-state index < -0.39 is 20.0 Å². The molecule has 3 rings (SSSR count). The molecule has 0 aliphatic carbocycles. The number of benzene rings is 2. The van der Waals surface area contributed by atoms with E-state index in [1.54, 1.807) is 43.1 Å². The zero-order valence-electron chi connectivity index (χ0n) is 18.7. The number of hydrogen-bond donors (Lipinski definition) is 1. The molecular formula is C22H29N3O5S2. The van der Waals surface area contributed by atoms with Gasteiger partial charge in [-0.2, -0.15) is 0 Å². The summed E-state index contributed by atoms with van der Waals surface area (Å²) in [5, 5.41) is 0. The summed E-state index contributed by atoms with van der Waals surface area (Å²) in [6.45, 7) is 4.45. The molecule has 2 aromatic rings. The van der Waals surface area contributed by atoms with Crippen molar-refractivity contribution in [2.45, 2.75) is 37.6 Å². The summed E-state index contributed by atoms with van der Waals surface area (Å²) in [5.74, 6) is -0.254. The number of nitrogens with one attached hydrogen (secondary N) is 1. The van der Waals surface area contributed by atoms with Gasteiger partial charge in [0.2, 0.25) is 10.0 Å². The van der Waals surface area contributed by atoms with Gasteiger partial charge in [0.05, 0.1) is 11.2 Å². The van der Waals surface area contributed by atoms with Gasteiger partial charge >= 0.3 is 0 Å². The average molecular weight is 480 g/mol. The number of piperidine rings is 1. The number of rotatable bonds is 6. The van der Waals surface area contributed by atoms with Crippen LogP contribution in [0.3, 0.4) is 0 Å². The first-order valence-corrected chi connectivity index (χ1v) is 13.6. The predicted molar refractivity (Wildman–Crippen MR) is 125 cm³/mol. The Labute approximate surface area is 190 Å². The Kier molecular flexibility index (Phi) is 6.97. The van der Waals surface area contributed by atoms with E-state index >= 15 is 0 Å². The molecule has 1 N–H and O–H groups in total. The Hall–Kier alpha value is -2.43. The largest absolute Gasteiger partial charge is 0.339 e. The molecule has 1 amide bonds. The van der Waals surface area contributed by atoms with Crippen molar-refractivity contribution in [3.8, 4) is 0 Å². The van der Waals surface area contributed by atoms with Crippen molar-refractivity contribution < 1.29 is 21.6 Å². The van der Waals surface area contributed by atoms with E-state index in [2.05, 4.69) is 4.72 Å². The minimum absolute atomic E-state index is 0.0136. The molecule has 2 aromatic carbocycles. The Balaban J connectivity index is 1.78. The van der Waals surface area contributed by atoms with Crippen molar-refractivity contribution >= 4 is 31.6 Å². The van der Waals surface area contributed by atoms with Crippen LogP contribution in [0.25, 0.3) is 0 Å². The van der Waals surface area contributed by atoms with Crippen LogP contribution in [-0.2, 0) is 20.0 Å². The van der Waals surface area contributed by atoms with Crippen LogP contribution >= 0.6 is 0 Å². The van der Waals surface area contributed by atoms with E-state index in [4.69, 9.17) is 0 Å². The van der Waals surface area contributed by atoms with Crippen molar-refractivity contribution in [3.05, 3.63) is 59.2 Å². The van der Waals surface area contributed by atoms with Crippen molar-refractivity contribution in [2.75, 3.05) is 31.1 Å². The first-order valence-electron chi connectivity index (χ1n) is 10.3. The van der Waals surface area contributed by atoms with E-state index in [-0.39, 0.29) is 16.8 Å². The van der Waals surface area contributed by atoms with Gasteiger partial charge in [-0.25, -0.2) is 21.1 Å². The summed E-state index contributed by atoms with van der Waals surface area (Å²) >= 11 is 0. The van der Waals surface area contributed by atoms with Crippen LogP contribution in [0.2, 0.25) is 0 Å². The monoisotopic (exact) mass is 479 g/mol. The molecule has 1 aliphatic rings. The van der Waals surface area contributed by atoms with Gasteiger partial charge in [0, 0.05) is 37.4 Å². The molecule has 0 spiro atoms. The highest BCUT2D eigenvalue weighted by atomic mass is 32.2. The zero-order valence-corrected chi connectivity index (χ0v) is 20.3. The van der Waals surface area contributed by atoms with Crippen LogP contribution in [0.5, 0.6) is 0 Å². The number of anilines is 1. The van der Waals surface area contributed by atoms with Crippen LogP contribution in [0.15, 0.2) is 47.4 Å². The number of carbonyl (C=O) groups is 1. The predicted octanol–water partition coefficient (Wildman–Crippen LogP) is 2.60. The van der Waals surface area contributed by atoms with Gasteiger partial charge < -0.3 is 4.90 Å². The maximum absolute atomic E-state index is 13.2. The Morgan fingerprint density at radius 1 is 1.03 bits per heavy atom. The Morgan fingerprint density at radius 3 is 2.28 bits per heavy atom. The molecule has 32 heavy (non-hydrogen) atoms. The van der Waals surface area contributed by atoms with Crippen LogP contribution in [0, 0.1) is 13.8 Å². The molecule has 8 nitrogen and oxygen atoms in total. The second-order valence-corrected chi connectivity index (χ2v) is 12.0. The second kappa shape index (κ2) is 9.21. The molecule has 0 aromatic heterocycles. The molecule has 1 aliphatic heterocycles. The van der Waals surface area contributed by atoms with Crippen molar-refractivity contribution in [1.82, 2.24) is 9.21 Å². The average Bonchev–Trinajstić information content (AvgIpc) is 2.72. The first-order chi connectivity index (χ1) is 14.9. The number of likely N-dealkylation sites (tertiary alicyclic amines) is 1. The van der Waals surface area contributed by atoms with E-state index in [1.807, 2.05) is 13.0 Å². The summed E-state index contributed by atoms with van der Waals surface area (Å²) in [4.78, 5) is 14.8. The topological polar surface area (TPSA) is 104 Å². The standard InChI is InChI=1S/C22H29N3O5S2/c1-16-6-5-7-18(14-16)23-32(29,30)20-9-8-17(2)21(15-20)22(26)25-12-10-19(11-13-25)24(3)31(4,27)28/h5-9,14-15,19,23H,10-13H2,1-4H3. The number of amides is 1. The number of hydrogen-bond acceptors (Lipinski definition) is 5. The first kappa shape index (κ1) is 24.2. The normalized spacial score (nSPS) is 15.7. The minimum atomic E-state index is -3.86. The Bertz CT molecular complexity index is 1220. The fourth-order valence-electron chi connectivity index (χ4n) is 3.79. The lowest BCUT2D eigenvalue weighted by Crippen LogP contribution is -2.47. The van der Waals surface area contributed by atoms with E-state index in [0.717, 1.165) is 5.56 Å². The number of carbonyl (C=O) groups excluding carboxylic acids is 1. The van der Waals surface area contributed by atoms with Gasteiger partial charge in [-0.3, -0.25) is 9.52 Å². The molecule has 0 atom stereocenters. The van der Waals surface area contributed by atoms with Crippen molar-refractivity contribution in [2.24, 2.45) is 0 Å². The van der Waals surface area contributed by atoms with Gasteiger partial charge in [-0.15, -0.1) is 0 Å². The van der Waals surface area contributed by atoms with Gasteiger partial charge in [-0.05, 0) is 62.1 Å². The summed E-state index contributed by atoms with van der Waals surface area (Å²) in [7, 11) is -5.60. The molecule has 1 fully saturated rings. The fourth-order valence-corrected chi connectivity index (χ4v) is 5.62. The number of sulfonamides is 2. The molecule has 0 radical (unpaired) electrons. The van der Waals surface area contributed by atoms with Crippen molar-refractivity contribution in [3.63, 3.8) is 0 Å². The maximum atomic E-state index is 13.2. The third kappa shape index (κ3) is 5.48. The number of nitrogens with zero attached hydrogens (tertiary/aromatic N) is 2. The van der Waals surface area contributed by atoms with Crippen LogP contribution in [0.1, 0.15) is 34.3 Å². The third-order valence-electron chi connectivity index (χ3n) is 5.81. The molecule has 1 heterocycles. The van der Waals surface area contributed by atoms with Crippen LogP contribution in [0.4, 0.5) is 5.69 Å². The van der Waals surface area contributed by atoms with Crippen LogP contribution in [-0.4, -0.2) is 64.4 Å². The molecular weight excluding hydrogens is 450 g/mol. The maximum Gasteiger partial charge on any atom is 0.261 e. The Morgan fingerprint density at radius 2 is 1.69 bits per heavy atom. The molecule has 0 saturated carbocycles. The van der Waals surface area contributed by atoms with Gasteiger partial charge in [0.1, 0.15) is 0 Å². The van der Waals surface area contributed by atoms with Crippen LogP contribution < -0.4 is 4.72 Å². The quantitative estimate of drug-likeness (QED) is 0.686. The highest BCUT2D eigenvalue weighted by molar-refractivity contribution is 7.92. The third-order valence-corrected chi connectivity index (χ3v) is 8.53. The van der Waals surface area contributed by atoms with Crippen molar-refractivity contribution in [1.29, 1.82) is 0 Å².